The van der Waals surface area contributed by atoms with Crippen LogP contribution in [0.5, 0.6) is 0 Å². The van der Waals surface area contributed by atoms with Crippen LogP contribution in [0.3, 0.4) is 0 Å². The van der Waals surface area contributed by atoms with Crippen LogP contribution in [0.2, 0.25) is 5.02 Å². The molecule has 4 rings (SSSR count). The molecule has 0 amide bonds. The van der Waals surface area contributed by atoms with Gasteiger partial charge in [-0.15, -0.1) is 0 Å². The largest absolute Gasteiger partial charge is 0.350 e. The van der Waals surface area contributed by atoms with Crippen LogP contribution < -0.4 is 0 Å². The van der Waals surface area contributed by atoms with Crippen molar-refractivity contribution < 1.29 is 4.52 Å². The summed E-state index contributed by atoms with van der Waals surface area (Å²) in [4.78, 5) is 10.2. The first-order valence-corrected chi connectivity index (χ1v) is 9.79. The number of rotatable bonds is 7. The standard InChI is InChI=1S/C22H23ClN4O/c1-27(2)13-12-16-4-3-5-17-14-19(24-21(16)17)22-25-20(26-28-22)11-8-15-6-9-18(23)10-7-15/h3-7,9-10,14,24H,8,11-13H2,1-2H3. The van der Waals surface area contributed by atoms with E-state index < -0.39 is 0 Å². The molecule has 0 bridgehead atoms. The first kappa shape index (κ1) is 18.7. The highest BCUT2D eigenvalue weighted by Crippen LogP contribution is 2.26. The molecule has 4 aromatic rings. The Morgan fingerprint density at radius 1 is 1.04 bits per heavy atom. The van der Waals surface area contributed by atoms with Crippen LogP contribution in [0, 0.1) is 0 Å². The molecule has 0 saturated carbocycles. The fraction of sp³-hybridized carbons (Fsp3) is 0.273. The van der Waals surface area contributed by atoms with Gasteiger partial charge in [0, 0.05) is 28.9 Å². The maximum Gasteiger partial charge on any atom is 0.274 e. The number of hydrogen-bond acceptors (Lipinski definition) is 4. The molecule has 1 N–H and O–H groups in total. The van der Waals surface area contributed by atoms with E-state index >= 15 is 0 Å². The number of hydrogen-bond donors (Lipinski definition) is 1. The second-order valence-electron chi connectivity index (χ2n) is 7.26. The topological polar surface area (TPSA) is 58.0 Å². The number of H-pyrrole nitrogens is 1. The molecule has 0 aliphatic heterocycles. The van der Waals surface area contributed by atoms with Gasteiger partial charge in [0.05, 0.1) is 0 Å². The number of fused-ring (bicyclic) bond motifs is 1. The Balaban J connectivity index is 1.50. The van der Waals surface area contributed by atoms with Crippen molar-refractivity contribution in [1.82, 2.24) is 20.0 Å². The van der Waals surface area contributed by atoms with E-state index in [1.54, 1.807) is 0 Å². The average Bonchev–Trinajstić information content (AvgIpc) is 3.32. The zero-order valence-electron chi connectivity index (χ0n) is 16.1. The first-order chi connectivity index (χ1) is 13.6. The second-order valence-corrected chi connectivity index (χ2v) is 7.70. The summed E-state index contributed by atoms with van der Waals surface area (Å²) >= 11 is 5.93. The molecule has 0 unspecified atom stereocenters. The van der Waals surface area contributed by atoms with Crippen molar-refractivity contribution in [1.29, 1.82) is 0 Å². The smallest absolute Gasteiger partial charge is 0.274 e. The van der Waals surface area contributed by atoms with Gasteiger partial charge in [-0.1, -0.05) is 47.1 Å². The summed E-state index contributed by atoms with van der Waals surface area (Å²) in [5, 5.41) is 6.04. The Bertz CT molecular complexity index is 1070. The third-order valence-electron chi connectivity index (χ3n) is 4.82. The summed E-state index contributed by atoms with van der Waals surface area (Å²) < 4.78 is 5.50. The van der Waals surface area contributed by atoms with Crippen molar-refractivity contribution in [2.75, 3.05) is 20.6 Å². The number of halogens is 1. The number of likely N-dealkylation sites (N-methyl/N-ethyl adjacent to an activating group) is 1. The Labute approximate surface area is 169 Å². The van der Waals surface area contributed by atoms with Crippen LogP contribution in [0.1, 0.15) is 17.0 Å². The summed E-state index contributed by atoms with van der Waals surface area (Å²) in [6.45, 7) is 1.00. The van der Waals surface area contributed by atoms with E-state index in [-0.39, 0.29) is 0 Å². The lowest BCUT2D eigenvalue weighted by molar-refractivity contribution is 0.414. The van der Waals surface area contributed by atoms with Gasteiger partial charge in [0.1, 0.15) is 5.69 Å². The predicted molar refractivity (Wildman–Crippen MR) is 113 cm³/mol. The zero-order chi connectivity index (χ0) is 19.5. The minimum absolute atomic E-state index is 0.529. The lowest BCUT2D eigenvalue weighted by Gasteiger charge is -2.09. The number of aryl methyl sites for hydroxylation is 2. The Kier molecular flexibility index (Phi) is 5.46. The molecular weight excluding hydrogens is 372 g/mol. The van der Waals surface area contributed by atoms with Crippen molar-refractivity contribution in [2.45, 2.75) is 19.3 Å². The SMILES string of the molecule is CN(C)CCc1cccc2cc(-c3nc(CCc4ccc(Cl)cc4)no3)[nH]c12. The van der Waals surface area contributed by atoms with Gasteiger partial charge in [-0.25, -0.2) is 0 Å². The molecule has 2 heterocycles. The fourth-order valence-electron chi connectivity index (χ4n) is 3.26. The number of nitrogens with zero attached hydrogens (tertiary/aromatic N) is 3. The molecule has 144 valence electrons. The van der Waals surface area contributed by atoms with Crippen LogP contribution in [0.4, 0.5) is 0 Å². The molecule has 2 aromatic heterocycles. The van der Waals surface area contributed by atoms with E-state index in [2.05, 4.69) is 58.4 Å². The van der Waals surface area contributed by atoms with Crippen molar-refractivity contribution in [3.8, 4) is 11.6 Å². The van der Waals surface area contributed by atoms with Crippen LogP contribution in [-0.2, 0) is 19.3 Å². The van der Waals surface area contributed by atoms with E-state index in [9.17, 15) is 0 Å². The summed E-state index contributed by atoms with van der Waals surface area (Å²) in [5.41, 5.74) is 4.49. The molecule has 0 spiro atoms. The summed E-state index contributed by atoms with van der Waals surface area (Å²) in [5.74, 6) is 1.23. The molecule has 0 aliphatic carbocycles. The monoisotopic (exact) mass is 394 g/mol. The van der Waals surface area contributed by atoms with Crippen LogP contribution in [0.25, 0.3) is 22.5 Å². The minimum atomic E-state index is 0.529. The second kappa shape index (κ2) is 8.17. The lowest BCUT2D eigenvalue weighted by Crippen LogP contribution is -2.15. The van der Waals surface area contributed by atoms with E-state index in [4.69, 9.17) is 16.1 Å². The lowest BCUT2D eigenvalue weighted by atomic mass is 10.1. The summed E-state index contributed by atoms with van der Waals surface area (Å²) in [6, 6.07) is 16.3. The van der Waals surface area contributed by atoms with Crippen molar-refractivity contribution in [3.05, 3.63) is 70.5 Å². The normalized spacial score (nSPS) is 11.6. The molecule has 0 aliphatic rings. The van der Waals surface area contributed by atoms with Crippen molar-refractivity contribution in [3.63, 3.8) is 0 Å². The van der Waals surface area contributed by atoms with Crippen LogP contribution in [0.15, 0.2) is 53.1 Å². The van der Waals surface area contributed by atoms with Gasteiger partial charge in [0.15, 0.2) is 5.82 Å². The number of aromatic amines is 1. The number of para-hydroxylation sites is 1. The molecule has 0 saturated heterocycles. The Hall–Kier alpha value is -2.63. The Morgan fingerprint density at radius 2 is 1.86 bits per heavy atom. The molecule has 5 nitrogen and oxygen atoms in total. The summed E-state index contributed by atoms with van der Waals surface area (Å²) in [7, 11) is 4.18. The van der Waals surface area contributed by atoms with Gasteiger partial charge >= 0.3 is 0 Å². The highest BCUT2D eigenvalue weighted by molar-refractivity contribution is 6.30. The average molecular weight is 395 g/mol. The van der Waals surface area contributed by atoms with Gasteiger partial charge in [-0.2, -0.15) is 4.98 Å². The number of benzene rings is 2. The minimum Gasteiger partial charge on any atom is -0.350 e. The molecule has 0 radical (unpaired) electrons. The number of nitrogens with one attached hydrogen (secondary N) is 1. The van der Waals surface area contributed by atoms with Gasteiger partial charge in [0.25, 0.3) is 5.89 Å². The third-order valence-corrected chi connectivity index (χ3v) is 5.07. The van der Waals surface area contributed by atoms with Gasteiger partial charge in [0.2, 0.25) is 0 Å². The van der Waals surface area contributed by atoms with E-state index in [0.29, 0.717) is 11.7 Å². The molecule has 0 atom stereocenters. The van der Waals surface area contributed by atoms with Crippen LogP contribution >= 0.6 is 11.6 Å². The fourth-order valence-corrected chi connectivity index (χ4v) is 3.38. The first-order valence-electron chi connectivity index (χ1n) is 9.41. The van der Waals surface area contributed by atoms with E-state index in [1.807, 2.05) is 24.3 Å². The summed E-state index contributed by atoms with van der Waals surface area (Å²) in [6.07, 6.45) is 2.55. The molecule has 0 fully saturated rings. The zero-order valence-corrected chi connectivity index (χ0v) is 16.8. The molecular formula is C22H23ClN4O. The predicted octanol–water partition coefficient (Wildman–Crippen LogP) is 4.76. The van der Waals surface area contributed by atoms with Gasteiger partial charge in [-0.05, 0) is 56.3 Å². The Morgan fingerprint density at radius 3 is 2.64 bits per heavy atom. The molecule has 2 aromatic carbocycles. The van der Waals surface area contributed by atoms with Gasteiger partial charge < -0.3 is 14.4 Å². The quantitative estimate of drug-likeness (QED) is 0.491. The van der Waals surface area contributed by atoms with Crippen molar-refractivity contribution in [2.24, 2.45) is 0 Å². The number of aromatic nitrogens is 3. The van der Waals surface area contributed by atoms with Crippen molar-refractivity contribution >= 4 is 22.5 Å². The molecule has 28 heavy (non-hydrogen) atoms. The van der Waals surface area contributed by atoms with Crippen LogP contribution in [-0.4, -0.2) is 40.7 Å². The highest BCUT2D eigenvalue weighted by Gasteiger charge is 2.13. The maximum atomic E-state index is 5.93. The van der Waals surface area contributed by atoms with E-state index in [1.165, 1.54) is 11.1 Å². The third kappa shape index (κ3) is 4.26. The molecule has 6 heteroatoms. The van der Waals surface area contributed by atoms with E-state index in [0.717, 1.165) is 47.4 Å². The van der Waals surface area contributed by atoms with Gasteiger partial charge in [-0.3, -0.25) is 0 Å². The maximum absolute atomic E-state index is 5.93. The highest BCUT2D eigenvalue weighted by atomic mass is 35.5.